The number of amides is 1. The van der Waals surface area contributed by atoms with Crippen LogP contribution in [0.15, 0.2) is 49.1 Å². The number of rotatable bonds is 2. The van der Waals surface area contributed by atoms with Crippen LogP contribution in [-0.4, -0.2) is 17.4 Å². The predicted molar refractivity (Wildman–Crippen MR) is 69.6 cm³/mol. The summed E-state index contributed by atoms with van der Waals surface area (Å²) in [5, 5.41) is 0. The first-order chi connectivity index (χ1) is 8.15. The maximum Gasteiger partial charge on any atom is 0.253 e. The molecule has 1 atom stereocenters. The standard InChI is InChI=1S/C15H17NO/c1-4-11(2)15(17)16-10-9-13-7-5-6-8-14(13)12(16)3/h4-8,12H,1-2,9-10H2,3H3. The SMILES string of the molecule is C=CC(=C)C(=O)N1CCc2ccccc2C1C. The molecule has 0 bridgehead atoms. The largest absolute Gasteiger partial charge is 0.332 e. The van der Waals surface area contributed by atoms with E-state index in [1.807, 2.05) is 17.0 Å². The van der Waals surface area contributed by atoms with Crippen LogP contribution < -0.4 is 0 Å². The highest BCUT2D eigenvalue weighted by Gasteiger charge is 2.27. The van der Waals surface area contributed by atoms with Gasteiger partial charge in [0.25, 0.3) is 5.91 Å². The van der Waals surface area contributed by atoms with Gasteiger partial charge in [-0.2, -0.15) is 0 Å². The van der Waals surface area contributed by atoms with E-state index in [9.17, 15) is 4.79 Å². The van der Waals surface area contributed by atoms with E-state index in [2.05, 4.69) is 32.2 Å². The van der Waals surface area contributed by atoms with Gasteiger partial charge in [0.2, 0.25) is 0 Å². The maximum absolute atomic E-state index is 12.1. The number of benzene rings is 1. The minimum atomic E-state index is -0.0120. The first-order valence-corrected chi connectivity index (χ1v) is 5.85. The predicted octanol–water partition coefficient (Wildman–Crippen LogP) is 2.87. The molecule has 1 aliphatic heterocycles. The van der Waals surface area contributed by atoms with Gasteiger partial charge in [-0.25, -0.2) is 0 Å². The summed E-state index contributed by atoms with van der Waals surface area (Å²) in [4.78, 5) is 14.0. The van der Waals surface area contributed by atoms with Crippen LogP contribution in [0, 0.1) is 0 Å². The zero-order valence-corrected chi connectivity index (χ0v) is 10.1. The number of hydrogen-bond acceptors (Lipinski definition) is 1. The van der Waals surface area contributed by atoms with Crippen LogP contribution in [0.4, 0.5) is 0 Å². The van der Waals surface area contributed by atoms with Crippen LogP contribution in [-0.2, 0) is 11.2 Å². The van der Waals surface area contributed by atoms with Gasteiger partial charge in [0.1, 0.15) is 0 Å². The third kappa shape index (κ3) is 2.03. The topological polar surface area (TPSA) is 20.3 Å². The van der Waals surface area contributed by atoms with Crippen molar-refractivity contribution in [3.8, 4) is 0 Å². The molecule has 2 rings (SSSR count). The molecule has 1 aromatic carbocycles. The molecule has 2 nitrogen and oxygen atoms in total. The summed E-state index contributed by atoms with van der Waals surface area (Å²) in [6.45, 7) is 10.1. The Morgan fingerprint density at radius 3 is 2.88 bits per heavy atom. The zero-order chi connectivity index (χ0) is 12.4. The second kappa shape index (κ2) is 4.58. The van der Waals surface area contributed by atoms with Gasteiger partial charge >= 0.3 is 0 Å². The van der Waals surface area contributed by atoms with Crippen LogP contribution in [0.5, 0.6) is 0 Å². The molecule has 0 aliphatic carbocycles. The monoisotopic (exact) mass is 227 g/mol. The smallest absolute Gasteiger partial charge is 0.253 e. The Morgan fingerprint density at radius 2 is 2.18 bits per heavy atom. The van der Waals surface area contributed by atoms with Crippen molar-refractivity contribution in [2.24, 2.45) is 0 Å². The van der Waals surface area contributed by atoms with E-state index in [0.717, 1.165) is 13.0 Å². The first-order valence-electron chi connectivity index (χ1n) is 5.85. The van der Waals surface area contributed by atoms with Crippen molar-refractivity contribution < 1.29 is 4.79 Å². The summed E-state index contributed by atoms with van der Waals surface area (Å²) < 4.78 is 0. The highest BCUT2D eigenvalue weighted by Crippen LogP contribution is 2.29. The molecular weight excluding hydrogens is 210 g/mol. The van der Waals surface area contributed by atoms with Gasteiger partial charge < -0.3 is 4.90 Å². The number of carbonyl (C=O) groups excluding carboxylic acids is 1. The van der Waals surface area contributed by atoms with E-state index in [-0.39, 0.29) is 11.9 Å². The van der Waals surface area contributed by atoms with Crippen molar-refractivity contribution >= 4 is 5.91 Å². The van der Waals surface area contributed by atoms with Crippen molar-refractivity contribution in [1.29, 1.82) is 0 Å². The summed E-state index contributed by atoms with van der Waals surface area (Å²) in [7, 11) is 0. The van der Waals surface area contributed by atoms with Crippen LogP contribution >= 0.6 is 0 Å². The molecule has 0 aromatic heterocycles. The average Bonchev–Trinajstić information content (AvgIpc) is 2.38. The van der Waals surface area contributed by atoms with Crippen molar-refractivity contribution in [1.82, 2.24) is 4.90 Å². The Morgan fingerprint density at radius 1 is 1.47 bits per heavy atom. The summed E-state index contributed by atoms with van der Waals surface area (Å²) in [6.07, 6.45) is 2.44. The lowest BCUT2D eigenvalue weighted by molar-refractivity contribution is -0.129. The zero-order valence-electron chi connectivity index (χ0n) is 10.1. The Labute approximate surface area is 102 Å². The van der Waals surface area contributed by atoms with Crippen molar-refractivity contribution in [2.45, 2.75) is 19.4 Å². The first kappa shape index (κ1) is 11.6. The van der Waals surface area contributed by atoms with Crippen LogP contribution in [0.25, 0.3) is 0 Å². The average molecular weight is 227 g/mol. The second-order valence-corrected chi connectivity index (χ2v) is 4.35. The van der Waals surface area contributed by atoms with Crippen molar-refractivity contribution in [3.05, 3.63) is 60.2 Å². The normalized spacial score (nSPS) is 18.4. The molecule has 17 heavy (non-hydrogen) atoms. The minimum Gasteiger partial charge on any atom is -0.332 e. The van der Waals surface area contributed by atoms with E-state index in [0.29, 0.717) is 5.57 Å². The van der Waals surface area contributed by atoms with Gasteiger partial charge in [0.15, 0.2) is 0 Å². The third-order valence-electron chi connectivity index (χ3n) is 3.38. The van der Waals surface area contributed by atoms with E-state index in [4.69, 9.17) is 0 Å². The Bertz CT molecular complexity index is 476. The van der Waals surface area contributed by atoms with Crippen molar-refractivity contribution in [3.63, 3.8) is 0 Å². The fraction of sp³-hybridized carbons (Fsp3) is 0.267. The summed E-state index contributed by atoms with van der Waals surface area (Å²) in [5.41, 5.74) is 3.05. The fourth-order valence-corrected chi connectivity index (χ4v) is 2.32. The van der Waals surface area contributed by atoms with Crippen LogP contribution in [0.1, 0.15) is 24.1 Å². The molecule has 1 unspecified atom stereocenters. The van der Waals surface area contributed by atoms with Crippen LogP contribution in [0.3, 0.4) is 0 Å². The molecule has 0 fully saturated rings. The summed E-state index contributed by atoms with van der Waals surface area (Å²) in [5.74, 6) is -0.0120. The Kier molecular flexibility index (Phi) is 3.14. The van der Waals surface area contributed by atoms with Crippen molar-refractivity contribution in [2.75, 3.05) is 6.54 Å². The number of fused-ring (bicyclic) bond motifs is 1. The number of hydrogen-bond donors (Lipinski definition) is 0. The summed E-state index contributed by atoms with van der Waals surface area (Å²) in [6, 6.07) is 8.41. The fourth-order valence-electron chi connectivity index (χ4n) is 2.32. The van der Waals surface area contributed by atoms with Gasteiger partial charge in [-0.1, -0.05) is 43.5 Å². The molecule has 0 saturated carbocycles. The third-order valence-corrected chi connectivity index (χ3v) is 3.38. The molecular formula is C15H17NO. The number of carbonyl (C=O) groups is 1. The number of nitrogens with zero attached hydrogens (tertiary/aromatic N) is 1. The molecule has 0 saturated heterocycles. The molecule has 88 valence electrons. The molecule has 1 heterocycles. The minimum absolute atomic E-state index is 0.0120. The maximum atomic E-state index is 12.1. The highest BCUT2D eigenvalue weighted by atomic mass is 16.2. The second-order valence-electron chi connectivity index (χ2n) is 4.35. The lowest BCUT2D eigenvalue weighted by Gasteiger charge is -2.35. The quantitative estimate of drug-likeness (QED) is 0.562. The van der Waals surface area contributed by atoms with Crippen LogP contribution in [0.2, 0.25) is 0 Å². The molecule has 0 spiro atoms. The lowest BCUT2D eigenvalue weighted by atomic mass is 9.93. The van der Waals surface area contributed by atoms with E-state index in [1.54, 1.807) is 0 Å². The van der Waals surface area contributed by atoms with E-state index >= 15 is 0 Å². The van der Waals surface area contributed by atoms with Gasteiger partial charge in [0.05, 0.1) is 6.04 Å². The molecule has 0 radical (unpaired) electrons. The van der Waals surface area contributed by atoms with Gasteiger partial charge in [0, 0.05) is 12.1 Å². The van der Waals surface area contributed by atoms with Gasteiger partial charge in [-0.15, -0.1) is 0 Å². The molecule has 1 amide bonds. The van der Waals surface area contributed by atoms with E-state index in [1.165, 1.54) is 17.2 Å². The molecule has 2 heteroatoms. The molecule has 1 aliphatic rings. The van der Waals surface area contributed by atoms with E-state index < -0.39 is 0 Å². The van der Waals surface area contributed by atoms with Gasteiger partial charge in [-0.3, -0.25) is 4.79 Å². The lowest BCUT2D eigenvalue weighted by Crippen LogP contribution is -2.39. The summed E-state index contributed by atoms with van der Waals surface area (Å²) >= 11 is 0. The van der Waals surface area contributed by atoms with Gasteiger partial charge in [-0.05, 0) is 24.5 Å². The molecule has 0 N–H and O–H groups in total. The highest BCUT2D eigenvalue weighted by molar-refractivity contribution is 5.95. The Hall–Kier alpha value is -1.83. The Balaban J connectivity index is 2.28. The molecule has 1 aromatic rings.